The van der Waals surface area contributed by atoms with E-state index < -0.39 is 0 Å². The van der Waals surface area contributed by atoms with E-state index in [-0.39, 0.29) is 11.8 Å². The summed E-state index contributed by atoms with van der Waals surface area (Å²) in [5, 5.41) is 13.3. The van der Waals surface area contributed by atoms with Gasteiger partial charge in [-0.2, -0.15) is 5.10 Å². The number of amides is 1. The van der Waals surface area contributed by atoms with E-state index >= 15 is 0 Å². The Labute approximate surface area is 170 Å². The Hall–Kier alpha value is -3.02. The Bertz CT molecular complexity index is 1080. The summed E-state index contributed by atoms with van der Waals surface area (Å²) >= 11 is 0. The van der Waals surface area contributed by atoms with Crippen LogP contribution in [0, 0.1) is 11.3 Å². The summed E-state index contributed by atoms with van der Waals surface area (Å²) in [7, 11) is 0. The number of nitrogens with one attached hydrogen (secondary N) is 1. The normalized spacial score (nSPS) is 21.3. The number of likely N-dealkylation sites (tertiary alicyclic amines) is 1. The van der Waals surface area contributed by atoms with Gasteiger partial charge < -0.3 is 10.3 Å². The summed E-state index contributed by atoms with van der Waals surface area (Å²) in [4.78, 5) is 19.7. The number of rotatable bonds is 3. The van der Waals surface area contributed by atoms with Gasteiger partial charge in [-0.1, -0.05) is 25.1 Å². The van der Waals surface area contributed by atoms with Crippen molar-refractivity contribution in [1.82, 2.24) is 19.7 Å². The number of pyridine rings is 1. The van der Waals surface area contributed by atoms with Crippen LogP contribution in [0.3, 0.4) is 0 Å². The monoisotopic (exact) mass is 387 g/mol. The third-order valence-corrected chi connectivity index (χ3v) is 6.26. The van der Waals surface area contributed by atoms with Crippen molar-refractivity contribution >= 4 is 23.0 Å². The molecule has 4 heterocycles. The van der Waals surface area contributed by atoms with Gasteiger partial charge in [0.15, 0.2) is 5.69 Å². The van der Waals surface area contributed by atoms with Crippen molar-refractivity contribution in [2.45, 2.75) is 38.6 Å². The molecule has 2 atom stereocenters. The van der Waals surface area contributed by atoms with Crippen LogP contribution in [0.15, 0.2) is 36.5 Å². The van der Waals surface area contributed by atoms with Crippen LogP contribution in [0.25, 0.3) is 10.9 Å². The zero-order chi connectivity index (χ0) is 20.0. The lowest BCUT2D eigenvalue weighted by Gasteiger charge is -2.37. The molecule has 0 saturated carbocycles. The maximum absolute atomic E-state index is 13.2. The number of aryl methyl sites for hydroxylation is 2. The molecule has 1 aromatic carbocycles. The van der Waals surface area contributed by atoms with E-state index in [9.17, 15) is 4.79 Å². The van der Waals surface area contributed by atoms with E-state index in [0.29, 0.717) is 18.2 Å². The van der Waals surface area contributed by atoms with Crippen LogP contribution in [0.5, 0.6) is 0 Å². The highest BCUT2D eigenvalue weighted by Crippen LogP contribution is 2.35. The largest absolute Gasteiger partial charge is 0.336 e. The molecule has 0 aliphatic carbocycles. The number of aromatic nitrogens is 3. The van der Waals surface area contributed by atoms with Gasteiger partial charge in [-0.3, -0.25) is 14.5 Å². The van der Waals surface area contributed by atoms with Gasteiger partial charge in [0.2, 0.25) is 0 Å². The van der Waals surface area contributed by atoms with E-state index in [1.807, 2.05) is 27.8 Å². The van der Waals surface area contributed by atoms with Crippen molar-refractivity contribution in [2.24, 2.45) is 5.92 Å². The molecule has 148 valence electrons. The summed E-state index contributed by atoms with van der Waals surface area (Å²) in [5.41, 5.74) is 4.66. The SMILES string of the molecule is C[C@@H]1C[C@H](c2ccc(C=N)c3ncccc23)CN(C(=O)c2cc3n(n2)CCC3)C1. The average Bonchev–Trinajstić information content (AvgIpc) is 3.34. The molecule has 1 saturated heterocycles. The number of fused-ring (bicyclic) bond motifs is 2. The standard InChI is InChI=1S/C23H25N5O/c1-15-10-17(19-7-6-16(12-24)22-20(19)5-2-8-25-22)14-27(13-15)23(29)21-11-18-4-3-9-28(18)26-21/h2,5-8,11-12,15,17,24H,3-4,9-10,13-14H2,1H3/t15-,17+/m1/s1. The lowest BCUT2D eigenvalue weighted by atomic mass is 9.83. The quantitative estimate of drug-likeness (QED) is 0.697. The highest BCUT2D eigenvalue weighted by atomic mass is 16.2. The van der Waals surface area contributed by atoms with Gasteiger partial charge in [0, 0.05) is 54.6 Å². The number of carbonyl (C=O) groups is 1. The van der Waals surface area contributed by atoms with Gasteiger partial charge in [0.05, 0.1) is 5.52 Å². The van der Waals surface area contributed by atoms with Gasteiger partial charge in [-0.15, -0.1) is 0 Å². The first-order valence-corrected chi connectivity index (χ1v) is 10.4. The van der Waals surface area contributed by atoms with Crippen LogP contribution in [0.4, 0.5) is 0 Å². The molecule has 6 heteroatoms. The molecule has 1 fully saturated rings. The number of nitrogens with zero attached hydrogens (tertiary/aromatic N) is 4. The molecule has 6 nitrogen and oxygen atoms in total. The minimum Gasteiger partial charge on any atom is -0.336 e. The summed E-state index contributed by atoms with van der Waals surface area (Å²) in [6.45, 7) is 4.59. The second-order valence-corrected chi connectivity index (χ2v) is 8.38. The van der Waals surface area contributed by atoms with E-state index in [1.54, 1.807) is 6.20 Å². The van der Waals surface area contributed by atoms with Gasteiger partial charge >= 0.3 is 0 Å². The molecule has 3 aromatic rings. The summed E-state index contributed by atoms with van der Waals surface area (Å²) in [6.07, 6.45) is 6.30. The number of benzene rings is 1. The number of carbonyl (C=O) groups excluding carboxylic acids is 1. The van der Waals surface area contributed by atoms with Crippen molar-refractivity contribution in [3.8, 4) is 0 Å². The Balaban J connectivity index is 1.46. The molecule has 2 aromatic heterocycles. The first-order valence-electron chi connectivity index (χ1n) is 10.4. The fourth-order valence-corrected chi connectivity index (χ4v) is 4.96. The van der Waals surface area contributed by atoms with Crippen LogP contribution < -0.4 is 0 Å². The van der Waals surface area contributed by atoms with Crippen molar-refractivity contribution in [1.29, 1.82) is 5.41 Å². The Morgan fingerprint density at radius 1 is 1.28 bits per heavy atom. The molecule has 0 unspecified atom stereocenters. The predicted molar refractivity (Wildman–Crippen MR) is 113 cm³/mol. The molecule has 1 N–H and O–H groups in total. The Morgan fingerprint density at radius 3 is 3.00 bits per heavy atom. The van der Waals surface area contributed by atoms with Crippen molar-refractivity contribution in [3.05, 3.63) is 59.0 Å². The molecule has 0 bridgehead atoms. The highest BCUT2D eigenvalue weighted by Gasteiger charge is 2.32. The van der Waals surface area contributed by atoms with Crippen LogP contribution in [-0.2, 0) is 13.0 Å². The fraction of sp³-hybridized carbons (Fsp3) is 0.391. The van der Waals surface area contributed by atoms with Crippen molar-refractivity contribution < 1.29 is 4.79 Å². The third-order valence-electron chi connectivity index (χ3n) is 6.26. The Morgan fingerprint density at radius 2 is 2.17 bits per heavy atom. The average molecular weight is 387 g/mol. The maximum Gasteiger partial charge on any atom is 0.274 e. The molecule has 1 amide bonds. The van der Waals surface area contributed by atoms with Gasteiger partial charge in [-0.25, -0.2) is 0 Å². The Kier molecular flexibility index (Phi) is 4.42. The lowest BCUT2D eigenvalue weighted by molar-refractivity contribution is 0.0652. The third kappa shape index (κ3) is 3.12. The van der Waals surface area contributed by atoms with Crippen LogP contribution in [0.2, 0.25) is 0 Å². The number of piperidine rings is 1. The van der Waals surface area contributed by atoms with Crippen LogP contribution in [-0.4, -0.2) is 44.9 Å². The van der Waals surface area contributed by atoms with E-state index in [2.05, 4.69) is 29.1 Å². The first kappa shape index (κ1) is 18.0. The van der Waals surface area contributed by atoms with Crippen LogP contribution in [0.1, 0.15) is 53.0 Å². The van der Waals surface area contributed by atoms with Crippen molar-refractivity contribution in [3.63, 3.8) is 0 Å². The van der Waals surface area contributed by atoms with E-state index in [4.69, 9.17) is 5.41 Å². The molecule has 2 aliphatic rings. The minimum atomic E-state index is 0.0435. The lowest BCUT2D eigenvalue weighted by Crippen LogP contribution is -2.42. The molecular formula is C23H25N5O. The smallest absolute Gasteiger partial charge is 0.274 e. The van der Waals surface area contributed by atoms with Crippen LogP contribution >= 0.6 is 0 Å². The zero-order valence-electron chi connectivity index (χ0n) is 16.6. The van der Waals surface area contributed by atoms with Gasteiger partial charge in [-0.05, 0) is 42.9 Å². The molecule has 0 radical (unpaired) electrons. The zero-order valence-corrected chi connectivity index (χ0v) is 16.6. The molecular weight excluding hydrogens is 362 g/mol. The first-order chi connectivity index (χ1) is 14.1. The molecule has 0 spiro atoms. The second kappa shape index (κ2) is 7.10. The number of hydrogen-bond acceptors (Lipinski definition) is 4. The van der Waals surface area contributed by atoms with Gasteiger partial charge in [0.25, 0.3) is 5.91 Å². The highest BCUT2D eigenvalue weighted by molar-refractivity contribution is 5.98. The van der Waals surface area contributed by atoms with E-state index in [1.165, 1.54) is 17.5 Å². The van der Waals surface area contributed by atoms with Crippen molar-refractivity contribution in [2.75, 3.05) is 13.1 Å². The summed E-state index contributed by atoms with van der Waals surface area (Å²) < 4.78 is 1.98. The predicted octanol–water partition coefficient (Wildman–Crippen LogP) is 3.64. The number of hydrogen-bond donors (Lipinski definition) is 1. The topological polar surface area (TPSA) is 74.9 Å². The minimum absolute atomic E-state index is 0.0435. The van der Waals surface area contributed by atoms with Gasteiger partial charge in [0.1, 0.15) is 0 Å². The second-order valence-electron chi connectivity index (χ2n) is 8.38. The molecule has 29 heavy (non-hydrogen) atoms. The van der Waals surface area contributed by atoms with E-state index in [0.717, 1.165) is 48.8 Å². The fourth-order valence-electron chi connectivity index (χ4n) is 4.96. The summed E-state index contributed by atoms with van der Waals surface area (Å²) in [5.74, 6) is 0.715. The summed E-state index contributed by atoms with van der Waals surface area (Å²) in [6, 6.07) is 10.1. The maximum atomic E-state index is 13.2. The molecule has 2 aliphatic heterocycles. The molecule has 5 rings (SSSR count).